The summed E-state index contributed by atoms with van der Waals surface area (Å²) in [5.74, 6) is 0.618. The van der Waals surface area contributed by atoms with Crippen molar-refractivity contribution < 1.29 is 22.7 Å². The molecule has 0 aromatic heterocycles. The minimum atomic E-state index is -3.77. The van der Waals surface area contributed by atoms with Gasteiger partial charge in [0.05, 0.1) is 17.7 Å². The molecule has 3 aromatic carbocycles. The van der Waals surface area contributed by atoms with Gasteiger partial charge in [0.2, 0.25) is 0 Å². The van der Waals surface area contributed by atoms with E-state index in [-0.39, 0.29) is 17.4 Å². The summed E-state index contributed by atoms with van der Waals surface area (Å²) in [6, 6.07) is 19.9. The van der Waals surface area contributed by atoms with Gasteiger partial charge in [-0.05, 0) is 55.5 Å². The second kappa shape index (κ2) is 9.32. The molecule has 0 heterocycles. The van der Waals surface area contributed by atoms with Gasteiger partial charge in [0.1, 0.15) is 11.5 Å². The number of sulfonamides is 1. The molecule has 0 bridgehead atoms. The summed E-state index contributed by atoms with van der Waals surface area (Å²) in [4.78, 5) is 12.1. The Morgan fingerprint density at radius 3 is 2.27 bits per heavy atom. The quantitative estimate of drug-likeness (QED) is 0.571. The van der Waals surface area contributed by atoms with Gasteiger partial charge in [0, 0.05) is 11.8 Å². The maximum Gasteiger partial charge on any atom is 0.262 e. The van der Waals surface area contributed by atoms with Crippen LogP contribution >= 0.6 is 0 Å². The van der Waals surface area contributed by atoms with Gasteiger partial charge in [-0.15, -0.1) is 0 Å². The van der Waals surface area contributed by atoms with E-state index in [1.54, 1.807) is 24.3 Å². The molecule has 1 amide bonds. The zero-order chi connectivity index (χ0) is 21.6. The molecule has 0 fully saturated rings. The first-order chi connectivity index (χ1) is 14.4. The summed E-state index contributed by atoms with van der Waals surface area (Å²) in [6.07, 6.45) is 0. The third kappa shape index (κ3) is 5.74. The van der Waals surface area contributed by atoms with Crippen molar-refractivity contribution in [2.24, 2.45) is 0 Å². The number of hydrogen-bond donors (Lipinski definition) is 2. The Labute approximate surface area is 175 Å². The van der Waals surface area contributed by atoms with Crippen LogP contribution in [0.4, 0.5) is 11.4 Å². The highest BCUT2D eigenvalue weighted by atomic mass is 32.2. The van der Waals surface area contributed by atoms with E-state index in [0.717, 1.165) is 5.56 Å². The summed E-state index contributed by atoms with van der Waals surface area (Å²) < 4.78 is 38.1. The maximum atomic E-state index is 12.5. The number of carbonyl (C=O) groups is 1. The van der Waals surface area contributed by atoms with Gasteiger partial charge in [0.25, 0.3) is 15.9 Å². The molecule has 156 valence electrons. The second-order valence-corrected chi connectivity index (χ2v) is 8.19. The molecule has 0 aliphatic heterocycles. The molecule has 3 aromatic rings. The van der Waals surface area contributed by atoms with E-state index >= 15 is 0 Å². The fraction of sp³-hybridized carbons (Fsp3) is 0.136. The highest BCUT2D eigenvalue weighted by Gasteiger charge is 2.15. The molecule has 7 nitrogen and oxygen atoms in total. The van der Waals surface area contributed by atoms with Crippen molar-refractivity contribution in [3.63, 3.8) is 0 Å². The number of benzene rings is 3. The van der Waals surface area contributed by atoms with E-state index in [0.29, 0.717) is 22.9 Å². The standard InChI is InChI=1S/C22H22N2O5S/c1-16-6-8-17(9-7-16)23-22(25)15-29-19-10-12-21(13-11-19)30(26,27)24-18-4-3-5-20(14-18)28-2/h3-14,24H,15H2,1-2H3,(H,23,25). The Morgan fingerprint density at radius 2 is 1.60 bits per heavy atom. The summed E-state index contributed by atoms with van der Waals surface area (Å²) in [7, 11) is -2.26. The van der Waals surface area contributed by atoms with Crippen molar-refractivity contribution in [3.05, 3.63) is 78.4 Å². The van der Waals surface area contributed by atoms with Gasteiger partial charge in [-0.25, -0.2) is 8.42 Å². The molecule has 0 atom stereocenters. The molecule has 8 heteroatoms. The van der Waals surface area contributed by atoms with Crippen molar-refractivity contribution in [2.75, 3.05) is 23.8 Å². The summed E-state index contributed by atoms with van der Waals surface area (Å²) in [5.41, 5.74) is 2.17. The predicted octanol–water partition coefficient (Wildman–Crippen LogP) is 3.82. The number of aryl methyl sites for hydroxylation is 1. The molecule has 0 radical (unpaired) electrons. The van der Waals surface area contributed by atoms with Crippen LogP contribution in [-0.4, -0.2) is 28.0 Å². The number of carbonyl (C=O) groups excluding carboxylic acids is 1. The number of amides is 1. The highest BCUT2D eigenvalue weighted by molar-refractivity contribution is 7.92. The average Bonchev–Trinajstić information content (AvgIpc) is 2.74. The largest absolute Gasteiger partial charge is 0.497 e. The first kappa shape index (κ1) is 21.2. The van der Waals surface area contributed by atoms with Crippen molar-refractivity contribution in [1.29, 1.82) is 0 Å². The van der Waals surface area contributed by atoms with E-state index < -0.39 is 10.0 Å². The van der Waals surface area contributed by atoms with Crippen LogP contribution in [0.25, 0.3) is 0 Å². The minimum Gasteiger partial charge on any atom is -0.497 e. The van der Waals surface area contributed by atoms with Crippen LogP contribution in [0, 0.1) is 6.92 Å². The van der Waals surface area contributed by atoms with Crippen LogP contribution < -0.4 is 19.5 Å². The molecule has 3 rings (SSSR count). The molecule has 0 saturated carbocycles. The van der Waals surface area contributed by atoms with Crippen molar-refractivity contribution in [2.45, 2.75) is 11.8 Å². The van der Waals surface area contributed by atoms with Crippen LogP contribution in [0.5, 0.6) is 11.5 Å². The van der Waals surface area contributed by atoms with Gasteiger partial charge >= 0.3 is 0 Å². The Morgan fingerprint density at radius 1 is 0.900 bits per heavy atom. The van der Waals surface area contributed by atoms with Crippen LogP contribution in [0.3, 0.4) is 0 Å². The number of hydrogen-bond acceptors (Lipinski definition) is 5. The van der Waals surface area contributed by atoms with Crippen LogP contribution in [0.2, 0.25) is 0 Å². The fourth-order valence-electron chi connectivity index (χ4n) is 2.60. The van der Waals surface area contributed by atoms with E-state index in [2.05, 4.69) is 10.0 Å². The summed E-state index contributed by atoms with van der Waals surface area (Å²) in [6.45, 7) is 1.77. The van der Waals surface area contributed by atoms with Crippen LogP contribution in [-0.2, 0) is 14.8 Å². The van der Waals surface area contributed by atoms with E-state index in [4.69, 9.17) is 9.47 Å². The third-order valence-electron chi connectivity index (χ3n) is 4.16. The normalized spacial score (nSPS) is 10.9. The minimum absolute atomic E-state index is 0.0711. The number of rotatable bonds is 8. The smallest absolute Gasteiger partial charge is 0.262 e. The van der Waals surface area contributed by atoms with Crippen LogP contribution in [0.15, 0.2) is 77.7 Å². The second-order valence-electron chi connectivity index (χ2n) is 6.51. The lowest BCUT2D eigenvalue weighted by Crippen LogP contribution is -2.20. The van der Waals surface area contributed by atoms with Gasteiger partial charge < -0.3 is 14.8 Å². The lowest BCUT2D eigenvalue weighted by Gasteiger charge is -2.11. The Balaban J connectivity index is 1.58. The van der Waals surface area contributed by atoms with Crippen LogP contribution in [0.1, 0.15) is 5.56 Å². The fourth-order valence-corrected chi connectivity index (χ4v) is 3.65. The maximum absolute atomic E-state index is 12.5. The van der Waals surface area contributed by atoms with Gasteiger partial charge in [-0.3, -0.25) is 9.52 Å². The lowest BCUT2D eigenvalue weighted by molar-refractivity contribution is -0.118. The highest BCUT2D eigenvalue weighted by Crippen LogP contribution is 2.22. The molecule has 30 heavy (non-hydrogen) atoms. The molecular formula is C22H22N2O5S. The first-order valence-electron chi connectivity index (χ1n) is 9.12. The van der Waals surface area contributed by atoms with E-state index in [9.17, 15) is 13.2 Å². The SMILES string of the molecule is COc1cccc(NS(=O)(=O)c2ccc(OCC(=O)Nc3ccc(C)cc3)cc2)c1. The Hall–Kier alpha value is -3.52. The lowest BCUT2D eigenvalue weighted by atomic mass is 10.2. The molecule has 0 unspecified atom stereocenters. The van der Waals surface area contributed by atoms with Crippen molar-refractivity contribution in [3.8, 4) is 11.5 Å². The zero-order valence-corrected chi connectivity index (χ0v) is 17.4. The zero-order valence-electron chi connectivity index (χ0n) is 16.6. The number of methoxy groups -OCH3 is 1. The van der Waals surface area contributed by atoms with Gasteiger partial charge in [0.15, 0.2) is 6.61 Å². The first-order valence-corrected chi connectivity index (χ1v) is 10.6. The Kier molecular flexibility index (Phi) is 6.58. The molecule has 0 aliphatic rings. The Bertz CT molecular complexity index is 1110. The number of anilines is 2. The van der Waals surface area contributed by atoms with Gasteiger partial charge in [-0.1, -0.05) is 23.8 Å². The molecule has 0 spiro atoms. The summed E-state index contributed by atoms with van der Waals surface area (Å²) >= 11 is 0. The average molecular weight is 426 g/mol. The molecule has 2 N–H and O–H groups in total. The van der Waals surface area contributed by atoms with Gasteiger partial charge in [-0.2, -0.15) is 0 Å². The third-order valence-corrected chi connectivity index (χ3v) is 5.56. The molecule has 0 saturated heterocycles. The monoisotopic (exact) mass is 426 g/mol. The van der Waals surface area contributed by atoms with Crippen molar-refractivity contribution in [1.82, 2.24) is 0 Å². The molecular weight excluding hydrogens is 404 g/mol. The van der Waals surface area contributed by atoms with Crippen molar-refractivity contribution >= 4 is 27.3 Å². The molecule has 0 aliphatic carbocycles. The van der Waals surface area contributed by atoms with E-state index in [1.165, 1.54) is 31.4 Å². The number of nitrogens with one attached hydrogen (secondary N) is 2. The number of ether oxygens (including phenoxy) is 2. The predicted molar refractivity (Wildman–Crippen MR) is 116 cm³/mol. The topological polar surface area (TPSA) is 93.7 Å². The van der Waals surface area contributed by atoms with E-state index in [1.807, 2.05) is 31.2 Å². The summed E-state index contributed by atoms with van der Waals surface area (Å²) in [5, 5.41) is 2.73.